The Morgan fingerprint density at radius 3 is 2.00 bits per heavy atom. The maximum atomic E-state index is 4.51. The van der Waals surface area contributed by atoms with Gasteiger partial charge in [-0.05, 0) is 33.3 Å². The van der Waals surface area contributed by atoms with E-state index < -0.39 is 0 Å². The van der Waals surface area contributed by atoms with Gasteiger partial charge >= 0.3 is 17.1 Å². The summed E-state index contributed by atoms with van der Waals surface area (Å²) in [5.41, 5.74) is 3.78. The molecule has 0 aliphatic heterocycles. The predicted octanol–water partition coefficient (Wildman–Crippen LogP) is 7.84. The summed E-state index contributed by atoms with van der Waals surface area (Å²) in [6.45, 7) is 7.95. The van der Waals surface area contributed by atoms with Crippen molar-refractivity contribution in [3.8, 4) is 0 Å². The first-order valence-electron chi connectivity index (χ1n) is 8.55. The first kappa shape index (κ1) is 28.7. The fourth-order valence-corrected chi connectivity index (χ4v) is 3.33. The van der Waals surface area contributed by atoms with Crippen LogP contribution in [0.1, 0.15) is 31.0 Å². The molecule has 0 fully saturated rings. The van der Waals surface area contributed by atoms with Crippen LogP contribution in [0, 0.1) is 12.1 Å². The van der Waals surface area contributed by atoms with Crippen LogP contribution in [0.3, 0.4) is 0 Å². The molecule has 0 saturated heterocycles. The first-order valence-corrected chi connectivity index (χ1v) is 10.1. The van der Waals surface area contributed by atoms with Crippen LogP contribution in [0.25, 0.3) is 21.8 Å². The molecular formula is C23H22Br2ClFeN3. The molecular weight excluding hydrogens is 569 g/mol. The molecule has 2 heterocycles. The Morgan fingerprint density at radius 1 is 0.900 bits per heavy atom. The van der Waals surface area contributed by atoms with Gasteiger partial charge in [0, 0.05) is 5.39 Å². The number of hydrogen-bond donors (Lipinski definition) is 1. The second-order valence-electron chi connectivity index (χ2n) is 6.33. The fourth-order valence-electron chi connectivity index (χ4n) is 2.64. The summed E-state index contributed by atoms with van der Waals surface area (Å²) in [6, 6.07) is 21.3. The molecule has 3 nitrogen and oxygen atoms in total. The summed E-state index contributed by atoms with van der Waals surface area (Å²) in [5.74, 6) is 0.567. The van der Waals surface area contributed by atoms with E-state index in [0.29, 0.717) is 5.92 Å². The van der Waals surface area contributed by atoms with Crippen molar-refractivity contribution in [2.24, 2.45) is 0 Å². The van der Waals surface area contributed by atoms with E-state index in [-0.39, 0.29) is 35.6 Å². The average molecular weight is 592 g/mol. The topological polar surface area (TPSA) is 60.8 Å². The number of benzene rings is 2. The number of pyridine rings is 2. The van der Waals surface area contributed by atoms with Crippen molar-refractivity contribution in [3.05, 3.63) is 93.7 Å². The molecule has 0 bridgehead atoms. The second-order valence-corrected chi connectivity index (χ2v) is 7.99. The molecule has 0 radical (unpaired) electrons. The number of aromatic nitrogens is 2. The summed E-state index contributed by atoms with van der Waals surface area (Å²) < 4.78 is 1.85. The Hall–Kier alpha value is -1.27. The van der Waals surface area contributed by atoms with Gasteiger partial charge in [0.05, 0.1) is 11.0 Å². The number of rotatable bonds is 2. The molecule has 0 atom stereocenters. The van der Waals surface area contributed by atoms with Gasteiger partial charge < -0.3 is 6.15 Å². The van der Waals surface area contributed by atoms with Gasteiger partial charge in [-0.1, -0.05) is 52.4 Å². The summed E-state index contributed by atoms with van der Waals surface area (Å²) in [6.07, 6.45) is 2.80. The molecule has 0 saturated carbocycles. The normalized spacial score (nSPS) is 9.63. The van der Waals surface area contributed by atoms with E-state index in [0.717, 1.165) is 36.6 Å². The van der Waals surface area contributed by atoms with Crippen LogP contribution in [0.2, 0.25) is 0 Å². The maximum Gasteiger partial charge on any atom is 2.00 e. The monoisotopic (exact) mass is 589 g/mol. The van der Waals surface area contributed by atoms with E-state index in [1.54, 1.807) is 0 Å². The van der Waals surface area contributed by atoms with Crippen LogP contribution in [0.15, 0.2) is 70.3 Å². The quantitative estimate of drug-likeness (QED) is 0.112. The maximum absolute atomic E-state index is 4.51. The number of fused-ring (bicyclic) bond motifs is 3. The average Bonchev–Trinajstić information content (AvgIpc) is 2.68. The first-order chi connectivity index (χ1) is 13.0. The Kier molecular flexibility index (Phi) is 12.6. The van der Waals surface area contributed by atoms with Gasteiger partial charge in [-0.3, -0.25) is 4.98 Å². The van der Waals surface area contributed by atoms with E-state index in [9.17, 15) is 0 Å². The van der Waals surface area contributed by atoms with Gasteiger partial charge in [0.25, 0.3) is 0 Å². The minimum atomic E-state index is 0. The standard InChI is InChI=1S/C14H8BrN2.C9H10Br.ClH.Fe.H3N/c1-2-11-7-5-9-3-4-10-6-8-12(15)17-14(10)13(9)16-11;1-7(2)8-4-3-5-9(10)6-8;;;/h3-8H,1H2;3-5,7H,1-2H3;1H;;1H3/q2*-1;;+2;. The molecule has 2 aromatic carbocycles. The smallest absolute Gasteiger partial charge is 0.344 e. The van der Waals surface area contributed by atoms with Gasteiger partial charge in [0.15, 0.2) is 0 Å². The molecule has 4 aromatic rings. The molecule has 0 spiro atoms. The van der Waals surface area contributed by atoms with Crippen LogP contribution in [0.4, 0.5) is 0 Å². The van der Waals surface area contributed by atoms with E-state index in [2.05, 4.69) is 86.5 Å². The Balaban J connectivity index is 0.000000569. The van der Waals surface area contributed by atoms with Crippen molar-refractivity contribution in [2.75, 3.05) is 0 Å². The largest absolute Gasteiger partial charge is 2.00 e. The zero-order valence-electron chi connectivity index (χ0n) is 16.6. The van der Waals surface area contributed by atoms with Crippen LogP contribution >= 0.6 is 44.3 Å². The Morgan fingerprint density at radius 2 is 1.47 bits per heavy atom. The van der Waals surface area contributed by atoms with Crippen molar-refractivity contribution in [2.45, 2.75) is 19.8 Å². The Labute approximate surface area is 211 Å². The van der Waals surface area contributed by atoms with Crippen molar-refractivity contribution >= 4 is 66.1 Å². The summed E-state index contributed by atoms with van der Waals surface area (Å²) in [7, 11) is 0. The minimum Gasteiger partial charge on any atom is -0.344 e. The van der Waals surface area contributed by atoms with E-state index in [4.69, 9.17) is 0 Å². The number of hydrogen-bond acceptors (Lipinski definition) is 3. The van der Waals surface area contributed by atoms with Crippen molar-refractivity contribution < 1.29 is 17.1 Å². The van der Waals surface area contributed by atoms with Crippen LogP contribution in [-0.2, 0) is 17.1 Å². The molecule has 4 rings (SSSR count). The molecule has 158 valence electrons. The van der Waals surface area contributed by atoms with E-state index in [1.165, 1.54) is 5.56 Å². The van der Waals surface area contributed by atoms with E-state index >= 15 is 0 Å². The summed E-state index contributed by atoms with van der Waals surface area (Å²) in [4.78, 5) is 8.99. The zero-order valence-corrected chi connectivity index (χ0v) is 21.7. The molecule has 0 aliphatic rings. The number of nitrogens with zero attached hydrogens (tertiary/aromatic N) is 2. The third-order valence-corrected chi connectivity index (χ3v) is 4.98. The summed E-state index contributed by atoms with van der Waals surface area (Å²) >= 11 is 6.76. The second kappa shape index (κ2) is 13.2. The van der Waals surface area contributed by atoms with Crippen LogP contribution in [-0.4, -0.2) is 9.97 Å². The molecule has 0 amide bonds. The van der Waals surface area contributed by atoms with Crippen LogP contribution < -0.4 is 6.15 Å². The summed E-state index contributed by atoms with van der Waals surface area (Å²) in [5, 5.41) is 2.15. The third-order valence-electron chi connectivity index (χ3n) is 4.07. The Bertz CT molecular complexity index is 1120. The molecule has 0 aliphatic carbocycles. The van der Waals surface area contributed by atoms with Crippen molar-refractivity contribution in [1.29, 1.82) is 0 Å². The van der Waals surface area contributed by atoms with Gasteiger partial charge in [-0.2, -0.15) is 42.5 Å². The van der Waals surface area contributed by atoms with E-state index in [1.807, 2.05) is 42.5 Å². The molecule has 30 heavy (non-hydrogen) atoms. The SMILES string of the molecule is C=[C-]c1ccc2ccc3ccc(Br)nc3c2n1.CC(C)c1[c-]c(Br)ccc1.Cl.N.[Fe+2]. The fraction of sp³-hybridized carbons (Fsp3) is 0.130. The van der Waals surface area contributed by atoms with Gasteiger partial charge in [-0.25, -0.2) is 11.1 Å². The molecule has 2 aromatic heterocycles. The number of halogens is 3. The van der Waals surface area contributed by atoms with Gasteiger partial charge in [0.2, 0.25) is 0 Å². The van der Waals surface area contributed by atoms with Gasteiger partial charge in [0.1, 0.15) is 4.60 Å². The molecule has 3 N–H and O–H groups in total. The van der Waals surface area contributed by atoms with Crippen LogP contribution in [0.5, 0.6) is 0 Å². The third kappa shape index (κ3) is 7.16. The minimum absolute atomic E-state index is 0. The molecule has 0 unspecified atom stereocenters. The predicted molar refractivity (Wildman–Crippen MR) is 132 cm³/mol. The van der Waals surface area contributed by atoms with Crippen molar-refractivity contribution in [1.82, 2.24) is 16.1 Å². The zero-order chi connectivity index (χ0) is 19.4. The molecule has 7 heteroatoms. The van der Waals surface area contributed by atoms with Gasteiger partial charge in [-0.15, -0.1) is 24.2 Å². The van der Waals surface area contributed by atoms with Crippen molar-refractivity contribution in [3.63, 3.8) is 0 Å².